The van der Waals surface area contributed by atoms with Crippen molar-refractivity contribution in [1.82, 2.24) is 15.1 Å². The lowest BCUT2D eigenvalue weighted by Crippen LogP contribution is -2.44. The van der Waals surface area contributed by atoms with Crippen molar-refractivity contribution in [3.05, 3.63) is 5.89 Å². The Morgan fingerprint density at radius 2 is 2.22 bits per heavy atom. The van der Waals surface area contributed by atoms with Gasteiger partial charge in [-0.25, -0.2) is 0 Å². The molecule has 0 aromatic carbocycles. The molecule has 1 aliphatic heterocycles. The van der Waals surface area contributed by atoms with Gasteiger partial charge in [-0.3, -0.25) is 4.79 Å². The van der Waals surface area contributed by atoms with Crippen molar-refractivity contribution in [3.8, 4) is 0 Å². The van der Waals surface area contributed by atoms with Gasteiger partial charge >= 0.3 is 0 Å². The minimum Gasteiger partial charge on any atom is -0.415 e. The first-order chi connectivity index (χ1) is 8.70. The van der Waals surface area contributed by atoms with Crippen LogP contribution in [-0.2, 0) is 16.1 Å². The van der Waals surface area contributed by atoms with Gasteiger partial charge < -0.3 is 19.8 Å². The molecule has 2 heterocycles. The van der Waals surface area contributed by atoms with Gasteiger partial charge in [0.25, 0.3) is 5.22 Å². The summed E-state index contributed by atoms with van der Waals surface area (Å²) in [7, 11) is 0. The summed E-state index contributed by atoms with van der Waals surface area (Å²) < 4.78 is 10.5. The van der Waals surface area contributed by atoms with E-state index in [4.69, 9.17) is 14.9 Å². The number of morpholine rings is 1. The molecular weight excluding hydrogens is 256 g/mol. The Morgan fingerprint density at radius 3 is 2.83 bits per heavy atom. The van der Waals surface area contributed by atoms with E-state index < -0.39 is 0 Å². The largest absolute Gasteiger partial charge is 0.415 e. The van der Waals surface area contributed by atoms with Crippen molar-refractivity contribution in [2.24, 2.45) is 5.73 Å². The van der Waals surface area contributed by atoms with Crippen LogP contribution < -0.4 is 5.73 Å². The molecule has 2 N–H and O–H groups in total. The second-order valence-corrected chi connectivity index (χ2v) is 5.16. The zero-order chi connectivity index (χ0) is 13.0. The summed E-state index contributed by atoms with van der Waals surface area (Å²) in [4.78, 5) is 13.9. The van der Waals surface area contributed by atoms with E-state index in [9.17, 15) is 4.79 Å². The highest BCUT2D eigenvalue weighted by Gasteiger charge is 2.24. The number of ether oxygens (including phenoxy) is 1. The molecule has 7 nitrogen and oxygen atoms in total. The molecule has 18 heavy (non-hydrogen) atoms. The molecule has 0 radical (unpaired) electrons. The van der Waals surface area contributed by atoms with Gasteiger partial charge in [-0.05, 0) is 6.92 Å². The van der Waals surface area contributed by atoms with E-state index >= 15 is 0 Å². The summed E-state index contributed by atoms with van der Waals surface area (Å²) in [6, 6.07) is 0. The van der Waals surface area contributed by atoms with E-state index in [1.165, 1.54) is 11.8 Å². The van der Waals surface area contributed by atoms with Crippen LogP contribution in [0.3, 0.4) is 0 Å². The number of thioether (sulfide) groups is 1. The van der Waals surface area contributed by atoms with Gasteiger partial charge in [-0.15, -0.1) is 10.2 Å². The molecule has 1 aromatic heterocycles. The Hall–Kier alpha value is -1.12. The second kappa shape index (κ2) is 6.17. The highest BCUT2D eigenvalue weighted by molar-refractivity contribution is 8.00. The molecule has 100 valence electrons. The molecule has 0 spiro atoms. The van der Waals surface area contributed by atoms with E-state index in [1.807, 2.05) is 6.92 Å². The number of nitrogens with two attached hydrogens (primary N) is 1. The summed E-state index contributed by atoms with van der Waals surface area (Å²) in [5, 5.41) is 7.70. The highest BCUT2D eigenvalue weighted by atomic mass is 32.2. The SMILES string of the molecule is CC(Sc1nnc(CN)o1)C(=O)N1CCOCC1. The Morgan fingerprint density at radius 1 is 1.50 bits per heavy atom. The third kappa shape index (κ3) is 3.21. The zero-order valence-electron chi connectivity index (χ0n) is 10.2. The first kappa shape index (κ1) is 13.3. The van der Waals surface area contributed by atoms with E-state index in [1.54, 1.807) is 4.90 Å². The standard InChI is InChI=1S/C10H16N4O3S/c1-7(9(15)14-2-4-16-5-3-14)18-10-13-12-8(6-11)17-10/h7H,2-6,11H2,1H3. The van der Waals surface area contributed by atoms with Crippen LogP contribution in [0.15, 0.2) is 9.64 Å². The molecular formula is C10H16N4O3S. The molecule has 1 aromatic rings. The van der Waals surface area contributed by atoms with E-state index in [0.29, 0.717) is 37.4 Å². The predicted molar refractivity (Wildman–Crippen MR) is 64.9 cm³/mol. The molecule has 8 heteroatoms. The van der Waals surface area contributed by atoms with Gasteiger partial charge in [-0.2, -0.15) is 0 Å². The molecule has 2 rings (SSSR count). The normalized spacial score (nSPS) is 17.8. The maximum absolute atomic E-state index is 12.1. The lowest BCUT2D eigenvalue weighted by Gasteiger charge is -2.28. The van der Waals surface area contributed by atoms with Crippen LogP contribution in [0.5, 0.6) is 0 Å². The van der Waals surface area contributed by atoms with Crippen LogP contribution in [0.25, 0.3) is 0 Å². The lowest BCUT2D eigenvalue weighted by atomic mass is 10.3. The van der Waals surface area contributed by atoms with Crippen LogP contribution in [0.2, 0.25) is 0 Å². The van der Waals surface area contributed by atoms with Crippen LogP contribution in [-0.4, -0.2) is 52.6 Å². The van der Waals surface area contributed by atoms with Crippen molar-refractivity contribution in [3.63, 3.8) is 0 Å². The zero-order valence-corrected chi connectivity index (χ0v) is 11.0. The van der Waals surface area contributed by atoms with Gasteiger partial charge in [0.15, 0.2) is 0 Å². The topological polar surface area (TPSA) is 94.5 Å². The number of amides is 1. The third-order valence-electron chi connectivity index (χ3n) is 2.57. The molecule has 1 unspecified atom stereocenters. The fraction of sp³-hybridized carbons (Fsp3) is 0.700. The predicted octanol–water partition coefficient (Wildman–Crippen LogP) is -0.132. The average Bonchev–Trinajstić information content (AvgIpc) is 2.86. The summed E-state index contributed by atoms with van der Waals surface area (Å²) >= 11 is 1.25. The summed E-state index contributed by atoms with van der Waals surface area (Å²) in [6.07, 6.45) is 0. The summed E-state index contributed by atoms with van der Waals surface area (Å²) in [6.45, 7) is 4.51. The molecule has 1 atom stereocenters. The van der Waals surface area contributed by atoms with E-state index in [-0.39, 0.29) is 17.7 Å². The van der Waals surface area contributed by atoms with Gasteiger partial charge in [0.1, 0.15) is 0 Å². The lowest BCUT2D eigenvalue weighted by molar-refractivity contribution is -0.134. The maximum Gasteiger partial charge on any atom is 0.277 e. The Bertz CT molecular complexity index is 406. The monoisotopic (exact) mass is 272 g/mol. The van der Waals surface area contributed by atoms with E-state index in [0.717, 1.165) is 0 Å². The number of rotatable bonds is 4. The van der Waals surface area contributed by atoms with Crippen LogP contribution in [0.4, 0.5) is 0 Å². The Labute approximate surface area is 109 Å². The molecule has 1 saturated heterocycles. The quantitative estimate of drug-likeness (QED) is 0.763. The third-order valence-corrected chi connectivity index (χ3v) is 3.49. The van der Waals surface area contributed by atoms with Gasteiger partial charge in [0, 0.05) is 13.1 Å². The number of aromatic nitrogens is 2. The molecule has 0 aliphatic carbocycles. The molecule has 1 fully saturated rings. The van der Waals surface area contributed by atoms with Crippen molar-refractivity contribution in [2.75, 3.05) is 26.3 Å². The first-order valence-electron chi connectivity index (χ1n) is 5.76. The maximum atomic E-state index is 12.1. The number of carbonyl (C=O) groups excluding carboxylic acids is 1. The number of hydrogen-bond acceptors (Lipinski definition) is 7. The number of hydrogen-bond donors (Lipinski definition) is 1. The smallest absolute Gasteiger partial charge is 0.277 e. The number of carbonyl (C=O) groups is 1. The van der Waals surface area contributed by atoms with Crippen molar-refractivity contribution in [2.45, 2.75) is 23.9 Å². The van der Waals surface area contributed by atoms with Crippen LogP contribution >= 0.6 is 11.8 Å². The highest BCUT2D eigenvalue weighted by Crippen LogP contribution is 2.23. The van der Waals surface area contributed by atoms with Gasteiger partial charge in [-0.1, -0.05) is 11.8 Å². The molecule has 0 bridgehead atoms. The molecule has 1 amide bonds. The Kier molecular flexibility index (Phi) is 4.56. The van der Waals surface area contributed by atoms with Gasteiger partial charge in [0.05, 0.1) is 25.0 Å². The summed E-state index contributed by atoms with van der Waals surface area (Å²) in [5.74, 6) is 0.444. The molecule has 0 saturated carbocycles. The first-order valence-corrected chi connectivity index (χ1v) is 6.64. The van der Waals surface area contributed by atoms with Crippen molar-refractivity contribution in [1.29, 1.82) is 0 Å². The second-order valence-electron chi connectivity index (χ2n) is 3.86. The van der Waals surface area contributed by atoms with Crippen LogP contribution in [0.1, 0.15) is 12.8 Å². The fourth-order valence-electron chi connectivity index (χ4n) is 1.61. The van der Waals surface area contributed by atoms with Gasteiger partial charge in [0.2, 0.25) is 11.8 Å². The minimum atomic E-state index is -0.255. The van der Waals surface area contributed by atoms with Crippen LogP contribution in [0, 0.1) is 0 Å². The number of nitrogens with zero attached hydrogens (tertiary/aromatic N) is 3. The van der Waals surface area contributed by atoms with Crippen molar-refractivity contribution >= 4 is 17.7 Å². The summed E-state index contributed by atoms with van der Waals surface area (Å²) in [5.41, 5.74) is 5.38. The minimum absolute atomic E-state index is 0.0656. The Balaban J connectivity index is 1.89. The fourth-order valence-corrected chi connectivity index (χ4v) is 2.40. The van der Waals surface area contributed by atoms with Crippen molar-refractivity contribution < 1.29 is 13.9 Å². The molecule has 1 aliphatic rings. The van der Waals surface area contributed by atoms with E-state index in [2.05, 4.69) is 10.2 Å². The average molecular weight is 272 g/mol.